The molecule has 0 unspecified atom stereocenters. The lowest BCUT2D eigenvalue weighted by Crippen LogP contribution is -2.23. The van der Waals surface area contributed by atoms with Crippen LogP contribution in [0.1, 0.15) is 32.9 Å². The molecule has 0 radical (unpaired) electrons. The fourth-order valence-corrected chi connectivity index (χ4v) is 4.13. The number of carbonyl (C=O) groups is 3. The second-order valence-corrected chi connectivity index (χ2v) is 8.07. The van der Waals surface area contributed by atoms with Gasteiger partial charge in [0.25, 0.3) is 11.7 Å². The van der Waals surface area contributed by atoms with Crippen molar-refractivity contribution in [2.24, 2.45) is 5.73 Å². The molecule has 2 aromatic heterocycles. The molecule has 2 heterocycles. The second-order valence-electron chi connectivity index (χ2n) is 8.07. The number of carbonyl (C=O) groups excluding carboxylic acids is 2. The van der Waals surface area contributed by atoms with Crippen LogP contribution in [0.25, 0.3) is 16.6 Å². The summed E-state index contributed by atoms with van der Waals surface area (Å²) in [5.41, 5.74) is 9.63. The standard InChI is InChI=1S/C26H22FN3O5/c1-14-11-21(35-13-22(31)32)24-23(25(33)26(28)34)15(2)20(30(24)29-14)12-17-5-3-4-6-19(17)16-7-9-18(27)10-8-16/h3-11H,12-13H2,1-2H3,(H2,28,34)(H,31,32). The molecule has 0 aliphatic heterocycles. The molecular weight excluding hydrogens is 453 g/mol. The summed E-state index contributed by atoms with van der Waals surface area (Å²) < 4.78 is 20.4. The Hall–Kier alpha value is -4.53. The minimum absolute atomic E-state index is 0.0136. The largest absolute Gasteiger partial charge is 0.480 e. The van der Waals surface area contributed by atoms with Crippen LogP contribution in [0.15, 0.2) is 54.6 Å². The Morgan fingerprint density at radius 2 is 1.77 bits per heavy atom. The van der Waals surface area contributed by atoms with Crippen LogP contribution in [-0.4, -0.2) is 39.0 Å². The first-order chi connectivity index (χ1) is 16.7. The van der Waals surface area contributed by atoms with Crippen LogP contribution < -0.4 is 10.5 Å². The Bertz CT molecular complexity index is 1470. The Balaban J connectivity index is 1.93. The van der Waals surface area contributed by atoms with Gasteiger partial charge in [-0.25, -0.2) is 13.7 Å². The molecule has 4 rings (SSSR count). The molecule has 0 saturated heterocycles. The van der Waals surface area contributed by atoms with Crippen molar-refractivity contribution < 1.29 is 28.6 Å². The average Bonchev–Trinajstić information content (AvgIpc) is 3.09. The summed E-state index contributed by atoms with van der Waals surface area (Å²) in [6.07, 6.45) is 0.307. The van der Waals surface area contributed by atoms with E-state index in [1.165, 1.54) is 22.7 Å². The van der Waals surface area contributed by atoms with Gasteiger partial charge in [0, 0.05) is 12.5 Å². The zero-order valence-electron chi connectivity index (χ0n) is 19.0. The Labute approximate surface area is 199 Å². The summed E-state index contributed by atoms with van der Waals surface area (Å²) in [5.74, 6) is -3.52. The van der Waals surface area contributed by atoms with Gasteiger partial charge in [-0.3, -0.25) is 9.59 Å². The van der Waals surface area contributed by atoms with E-state index in [9.17, 15) is 18.8 Å². The van der Waals surface area contributed by atoms with Crippen molar-refractivity contribution in [2.45, 2.75) is 20.3 Å². The quantitative estimate of drug-likeness (QED) is 0.297. The highest BCUT2D eigenvalue weighted by Gasteiger charge is 2.28. The van der Waals surface area contributed by atoms with E-state index in [0.29, 0.717) is 23.4 Å². The number of benzene rings is 2. The van der Waals surface area contributed by atoms with Gasteiger partial charge >= 0.3 is 5.97 Å². The number of Topliss-reactive ketones (excluding diaryl/α,β-unsaturated/α-hetero) is 1. The normalized spacial score (nSPS) is 10.9. The molecule has 0 aliphatic rings. The van der Waals surface area contributed by atoms with Crippen molar-refractivity contribution in [3.63, 3.8) is 0 Å². The number of aromatic nitrogens is 2. The topological polar surface area (TPSA) is 124 Å². The summed E-state index contributed by atoms with van der Waals surface area (Å²) in [4.78, 5) is 35.8. The van der Waals surface area contributed by atoms with Gasteiger partial charge in [-0.15, -0.1) is 0 Å². The van der Waals surface area contributed by atoms with Crippen LogP contribution in [0.4, 0.5) is 4.39 Å². The number of carboxylic acid groups (broad SMARTS) is 1. The average molecular weight is 475 g/mol. The summed E-state index contributed by atoms with van der Waals surface area (Å²) >= 11 is 0. The maximum atomic E-state index is 13.5. The van der Waals surface area contributed by atoms with Crippen LogP contribution in [-0.2, 0) is 16.0 Å². The predicted molar refractivity (Wildman–Crippen MR) is 126 cm³/mol. The van der Waals surface area contributed by atoms with Crippen molar-refractivity contribution in [2.75, 3.05) is 6.61 Å². The van der Waals surface area contributed by atoms with Crippen LogP contribution in [0.2, 0.25) is 0 Å². The van der Waals surface area contributed by atoms with Gasteiger partial charge in [-0.1, -0.05) is 36.4 Å². The van der Waals surface area contributed by atoms with Gasteiger partial charge in [-0.2, -0.15) is 5.10 Å². The number of aliphatic carboxylic acids is 1. The Morgan fingerprint density at radius 3 is 2.43 bits per heavy atom. The number of ether oxygens (including phenoxy) is 1. The van der Waals surface area contributed by atoms with E-state index >= 15 is 0 Å². The summed E-state index contributed by atoms with van der Waals surface area (Å²) in [7, 11) is 0. The number of halogens is 1. The van der Waals surface area contributed by atoms with E-state index in [2.05, 4.69) is 5.10 Å². The molecule has 178 valence electrons. The lowest BCUT2D eigenvalue weighted by atomic mass is 9.95. The maximum Gasteiger partial charge on any atom is 0.341 e. The molecule has 8 nitrogen and oxygen atoms in total. The Kier molecular flexibility index (Phi) is 6.33. The first kappa shape index (κ1) is 23.6. The number of carboxylic acids is 1. The number of nitrogens with zero attached hydrogens (tertiary/aromatic N) is 2. The number of aryl methyl sites for hydroxylation is 1. The molecule has 0 aliphatic carbocycles. The highest BCUT2D eigenvalue weighted by molar-refractivity contribution is 6.44. The van der Waals surface area contributed by atoms with E-state index in [-0.39, 0.29) is 22.6 Å². The zero-order valence-corrected chi connectivity index (χ0v) is 19.0. The molecule has 2 aromatic carbocycles. The predicted octanol–water partition coefficient (Wildman–Crippen LogP) is 3.48. The third-order valence-electron chi connectivity index (χ3n) is 5.68. The van der Waals surface area contributed by atoms with Crippen LogP contribution >= 0.6 is 0 Å². The summed E-state index contributed by atoms with van der Waals surface area (Å²) in [6, 6.07) is 15.2. The maximum absolute atomic E-state index is 13.5. The summed E-state index contributed by atoms with van der Waals surface area (Å²) in [5, 5.41) is 13.6. The zero-order chi connectivity index (χ0) is 25.3. The first-order valence-corrected chi connectivity index (χ1v) is 10.7. The number of fused-ring (bicyclic) bond motifs is 1. The fraction of sp³-hybridized carbons (Fsp3) is 0.154. The van der Waals surface area contributed by atoms with E-state index in [1.807, 2.05) is 24.3 Å². The van der Waals surface area contributed by atoms with Crippen LogP contribution in [0, 0.1) is 19.7 Å². The third-order valence-corrected chi connectivity index (χ3v) is 5.68. The molecule has 0 saturated carbocycles. The van der Waals surface area contributed by atoms with E-state index in [1.54, 1.807) is 26.0 Å². The van der Waals surface area contributed by atoms with Gasteiger partial charge in [-0.05, 0) is 48.2 Å². The Morgan fingerprint density at radius 1 is 1.09 bits per heavy atom. The van der Waals surface area contributed by atoms with Crippen LogP contribution in [0.5, 0.6) is 5.75 Å². The van der Waals surface area contributed by atoms with Crippen LogP contribution in [0.3, 0.4) is 0 Å². The molecular formula is C26H22FN3O5. The molecule has 9 heteroatoms. The van der Waals surface area contributed by atoms with Gasteiger partial charge in [0.05, 0.1) is 17.0 Å². The lowest BCUT2D eigenvalue weighted by Gasteiger charge is -2.12. The number of amides is 1. The molecule has 0 atom stereocenters. The van der Waals surface area contributed by atoms with Crippen molar-refractivity contribution in [1.29, 1.82) is 0 Å². The minimum atomic E-state index is -1.20. The van der Waals surface area contributed by atoms with E-state index in [0.717, 1.165) is 16.7 Å². The lowest BCUT2D eigenvalue weighted by molar-refractivity contribution is -0.139. The summed E-state index contributed by atoms with van der Waals surface area (Å²) in [6.45, 7) is 2.74. The monoisotopic (exact) mass is 475 g/mol. The van der Waals surface area contributed by atoms with E-state index in [4.69, 9.17) is 15.6 Å². The first-order valence-electron chi connectivity index (χ1n) is 10.7. The number of rotatable bonds is 8. The number of hydrogen-bond acceptors (Lipinski definition) is 5. The van der Waals surface area contributed by atoms with Crippen molar-refractivity contribution in [3.8, 4) is 16.9 Å². The smallest absolute Gasteiger partial charge is 0.341 e. The van der Waals surface area contributed by atoms with Crippen molar-refractivity contribution >= 4 is 23.2 Å². The van der Waals surface area contributed by atoms with Gasteiger partial charge in [0.2, 0.25) is 0 Å². The molecule has 0 spiro atoms. The second kappa shape index (κ2) is 9.38. The molecule has 35 heavy (non-hydrogen) atoms. The number of ketones is 1. The number of nitrogens with two attached hydrogens (primary N) is 1. The molecule has 3 N–H and O–H groups in total. The van der Waals surface area contributed by atoms with E-state index < -0.39 is 24.3 Å². The third kappa shape index (κ3) is 4.61. The molecule has 0 bridgehead atoms. The molecule has 4 aromatic rings. The molecule has 1 amide bonds. The SMILES string of the molecule is Cc1cc(OCC(=O)O)c2c(C(=O)C(N)=O)c(C)c(Cc3ccccc3-c3ccc(F)cc3)n2n1. The molecule has 0 fully saturated rings. The van der Waals surface area contributed by atoms with Crippen molar-refractivity contribution in [1.82, 2.24) is 9.61 Å². The van der Waals surface area contributed by atoms with Gasteiger partial charge in [0.1, 0.15) is 17.1 Å². The number of primary amides is 1. The fourth-order valence-electron chi connectivity index (χ4n) is 4.13. The van der Waals surface area contributed by atoms with Gasteiger partial charge < -0.3 is 15.6 Å². The number of hydrogen-bond donors (Lipinski definition) is 2. The highest BCUT2D eigenvalue weighted by Crippen LogP contribution is 2.34. The van der Waals surface area contributed by atoms with Gasteiger partial charge in [0.15, 0.2) is 6.61 Å². The minimum Gasteiger partial charge on any atom is -0.480 e. The highest BCUT2D eigenvalue weighted by atomic mass is 19.1. The van der Waals surface area contributed by atoms with Crippen molar-refractivity contribution in [3.05, 3.63) is 88.5 Å².